The lowest BCUT2D eigenvalue weighted by Gasteiger charge is -2.44. The van der Waals surface area contributed by atoms with Gasteiger partial charge in [0.2, 0.25) is 17.7 Å². The lowest BCUT2D eigenvalue weighted by Crippen LogP contribution is -2.62. The maximum absolute atomic E-state index is 14.5. The largest absolute Gasteiger partial charge is 0.368 e. The molecule has 3 heterocycles. The number of nitrogens with zero attached hydrogens (tertiary/aromatic N) is 3. The summed E-state index contributed by atoms with van der Waals surface area (Å²) in [5.41, 5.74) is 6.98. The molecule has 32 heavy (non-hydrogen) atoms. The molecule has 0 bridgehead atoms. The molecular weight excluding hydrogens is 417 g/mol. The van der Waals surface area contributed by atoms with Gasteiger partial charge in [-0.05, 0) is 37.8 Å². The van der Waals surface area contributed by atoms with Crippen LogP contribution >= 0.6 is 0 Å². The summed E-state index contributed by atoms with van der Waals surface area (Å²) < 4.78 is 14.5. The number of rotatable bonds is 3. The van der Waals surface area contributed by atoms with Crippen LogP contribution < -0.4 is 16.0 Å². The van der Waals surface area contributed by atoms with Crippen LogP contribution in [0.4, 0.5) is 10.1 Å². The van der Waals surface area contributed by atoms with Gasteiger partial charge in [0.15, 0.2) is 0 Å². The lowest BCUT2D eigenvalue weighted by atomic mass is 9.76. The summed E-state index contributed by atoms with van der Waals surface area (Å²) in [6, 6.07) is 1.87. The van der Waals surface area contributed by atoms with Crippen LogP contribution in [-0.2, 0) is 20.9 Å². The van der Waals surface area contributed by atoms with Gasteiger partial charge in [-0.3, -0.25) is 24.5 Å². The molecule has 10 heteroatoms. The number of carbonyl (C=O) groups excluding carboxylic acids is 4. The van der Waals surface area contributed by atoms with Gasteiger partial charge in [-0.2, -0.15) is 0 Å². The van der Waals surface area contributed by atoms with E-state index < -0.39 is 29.2 Å². The van der Waals surface area contributed by atoms with Crippen LogP contribution in [0.1, 0.15) is 48.0 Å². The van der Waals surface area contributed by atoms with Gasteiger partial charge in [-0.25, -0.2) is 4.39 Å². The Kier molecular flexibility index (Phi) is 4.92. The van der Waals surface area contributed by atoms with Crippen molar-refractivity contribution in [3.8, 4) is 0 Å². The summed E-state index contributed by atoms with van der Waals surface area (Å²) in [6.45, 7) is 2.15. The van der Waals surface area contributed by atoms with Crippen LogP contribution in [0.2, 0.25) is 0 Å². The number of carbonyl (C=O) groups is 4. The number of imide groups is 1. The van der Waals surface area contributed by atoms with E-state index in [1.807, 2.05) is 4.90 Å². The second-order valence-corrected chi connectivity index (χ2v) is 9.14. The van der Waals surface area contributed by atoms with Crippen molar-refractivity contribution in [2.24, 2.45) is 5.73 Å². The first-order valence-electron chi connectivity index (χ1n) is 11.1. The molecule has 5 rings (SSSR count). The number of piperazine rings is 1. The highest BCUT2D eigenvalue weighted by Gasteiger charge is 2.44. The molecule has 1 saturated carbocycles. The Morgan fingerprint density at radius 3 is 2.47 bits per heavy atom. The highest BCUT2D eigenvalue weighted by molar-refractivity contribution is 6.06. The molecule has 1 unspecified atom stereocenters. The van der Waals surface area contributed by atoms with Crippen LogP contribution in [-0.4, -0.2) is 71.2 Å². The molecule has 1 aromatic carbocycles. The summed E-state index contributed by atoms with van der Waals surface area (Å²) in [5, 5.41) is 2.28. The van der Waals surface area contributed by atoms with E-state index in [2.05, 4.69) is 5.32 Å². The van der Waals surface area contributed by atoms with Crippen LogP contribution in [0.25, 0.3) is 0 Å². The predicted molar refractivity (Wildman–Crippen MR) is 112 cm³/mol. The topological polar surface area (TPSA) is 116 Å². The van der Waals surface area contributed by atoms with Crippen molar-refractivity contribution in [1.29, 1.82) is 0 Å². The van der Waals surface area contributed by atoms with Crippen molar-refractivity contribution in [2.45, 2.75) is 50.2 Å². The number of fused-ring (bicyclic) bond motifs is 1. The fraction of sp³-hybridized carbons (Fsp3) is 0.545. The van der Waals surface area contributed by atoms with Crippen LogP contribution in [0, 0.1) is 5.82 Å². The molecule has 1 atom stereocenters. The molecule has 3 N–H and O–H groups in total. The molecule has 0 aromatic heterocycles. The minimum atomic E-state index is -0.749. The maximum atomic E-state index is 14.5. The van der Waals surface area contributed by atoms with Crippen LogP contribution in [0.5, 0.6) is 0 Å². The number of anilines is 1. The molecule has 170 valence electrons. The van der Waals surface area contributed by atoms with Gasteiger partial charge in [-0.1, -0.05) is 0 Å². The van der Waals surface area contributed by atoms with E-state index in [-0.39, 0.29) is 36.8 Å². The third-order valence-corrected chi connectivity index (χ3v) is 7.18. The van der Waals surface area contributed by atoms with E-state index in [9.17, 15) is 23.6 Å². The normalized spacial score (nSPS) is 24.9. The van der Waals surface area contributed by atoms with Gasteiger partial charge < -0.3 is 20.4 Å². The number of halogens is 1. The Balaban J connectivity index is 1.34. The number of hydrogen-bond donors (Lipinski definition) is 2. The van der Waals surface area contributed by atoms with Crippen molar-refractivity contribution in [3.63, 3.8) is 0 Å². The Morgan fingerprint density at radius 1 is 1.12 bits per heavy atom. The average Bonchev–Trinajstić information content (AvgIpc) is 3.07. The van der Waals surface area contributed by atoms with Gasteiger partial charge in [0.1, 0.15) is 11.9 Å². The van der Waals surface area contributed by atoms with E-state index in [4.69, 9.17) is 5.73 Å². The highest BCUT2D eigenvalue weighted by atomic mass is 19.1. The van der Waals surface area contributed by atoms with Crippen molar-refractivity contribution in [2.75, 3.05) is 31.1 Å². The zero-order chi connectivity index (χ0) is 22.6. The van der Waals surface area contributed by atoms with E-state index in [1.54, 1.807) is 4.90 Å². The first-order valence-corrected chi connectivity index (χ1v) is 11.1. The monoisotopic (exact) mass is 443 g/mol. The lowest BCUT2D eigenvalue weighted by molar-refractivity contribution is -0.140. The number of benzene rings is 1. The molecule has 0 spiro atoms. The molecule has 3 aliphatic heterocycles. The minimum Gasteiger partial charge on any atom is -0.368 e. The quantitative estimate of drug-likeness (QED) is 0.641. The second kappa shape index (κ2) is 7.54. The van der Waals surface area contributed by atoms with E-state index in [0.717, 1.165) is 6.42 Å². The molecule has 1 aliphatic carbocycles. The zero-order valence-corrected chi connectivity index (χ0v) is 17.7. The van der Waals surface area contributed by atoms with Gasteiger partial charge in [-0.15, -0.1) is 0 Å². The minimum absolute atomic E-state index is 0.0212. The van der Waals surface area contributed by atoms with E-state index in [1.165, 1.54) is 17.0 Å². The van der Waals surface area contributed by atoms with Crippen molar-refractivity contribution in [1.82, 2.24) is 15.1 Å². The molecule has 4 amide bonds. The van der Waals surface area contributed by atoms with Crippen molar-refractivity contribution in [3.05, 3.63) is 29.1 Å². The zero-order valence-electron chi connectivity index (χ0n) is 17.7. The molecular formula is C22H26FN5O4. The first-order chi connectivity index (χ1) is 15.3. The molecule has 3 fully saturated rings. The molecule has 2 saturated heterocycles. The molecule has 1 aromatic rings. The molecule has 4 aliphatic rings. The van der Waals surface area contributed by atoms with Crippen molar-refractivity contribution >= 4 is 29.3 Å². The fourth-order valence-corrected chi connectivity index (χ4v) is 5.13. The number of hydrogen-bond acceptors (Lipinski definition) is 6. The van der Waals surface area contributed by atoms with Crippen molar-refractivity contribution < 1.29 is 23.6 Å². The summed E-state index contributed by atoms with van der Waals surface area (Å²) in [4.78, 5) is 54.7. The third-order valence-electron chi connectivity index (χ3n) is 7.18. The summed E-state index contributed by atoms with van der Waals surface area (Å²) in [6.07, 6.45) is 2.80. The Hall–Kier alpha value is -3.01. The highest BCUT2D eigenvalue weighted by Crippen LogP contribution is 2.36. The number of amides is 4. The number of nitrogens with two attached hydrogens (primary N) is 1. The molecule has 9 nitrogen and oxygen atoms in total. The van der Waals surface area contributed by atoms with Crippen LogP contribution in [0.15, 0.2) is 12.1 Å². The number of piperidine rings is 1. The number of nitrogens with one attached hydrogen (secondary N) is 1. The third kappa shape index (κ3) is 3.33. The average molecular weight is 443 g/mol. The van der Waals surface area contributed by atoms with E-state index >= 15 is 0 Å². The van der Waals surface area contributed by atoms with E-state index in [0.29, 0.717) is 50.3 Å². The SMILES string of the molecule is NC1(C(=O)N2CCN(c3cc(F)cc4c3CN(C3CCC(=O)NC3=O)C4=O)CC2)CCC1. The summed E-state index contributed by atoms with van der Waals surface area (Å²) >= 11 is 0. The van der Waals surface area contributed by atoms with Gasteiger partial charge >= 0.3 is 0 Å². The maximum Gasteiger partial charge on any atom is 0.255 e. The van der Waals surface area contributed by atoms with Crippen LogP contribution in [0.3, 0.4) is 0 Å². The second-order valence-electron chi connectivity index (χ2n) is 9.14. The van der Waals surface area contributed by atoms with Gasteiger partial charge in [0, 0.05) is 56.0 Å². The Bertz CT molecular complexity index is 1020. The predicted octanol–water partition coefficient (Wildman–Crippen LogP) is 0.117. The summed E-state index contributed by atoms with van der Waals surface area (Å²) in [5.74, 6) is -1.80. The standard InChI is InChI=1S/C22H26FN5O4/c23-13-10-14-15(12-28(20(14)31)16-2-3-18(29)25-19(16)30)17(11-13)26-6-8-27(9-7-26)21(32)22(24)4-1-5-22/h10-11,16H,1-9,12,24H2,(H,25,29,30). The fourth-order valence-electron chi connectivity index (χ4n) is 5.13. The Labute approximate surface area is 184 Å². The molecule has 0 radical (unpaired) electrons. The first kappa shape index (κ1) is 20.9. The summed E-state index contributed by atoms with van der Waals surface area (Å²) in [7, 11) is 0. The van der Waals surface area contributed by atoms with Gasteiger partial charge in [0.05, 0.1) is 5.54 Å². The van der Waals surface area contributed by atoms with Gasteiger partial charge in [0.25, 0.3) is 5.91 Å². The smallest absolute Gasteiger partial charge is 0.255 e. The Morgan fingerprint density at radius 2 is 1.84 bits per heavy atom.